The second kappa shape index (κ2) is 6.56. The summed E-state index contributed by atoms with van der Waals surface area (Å²) >= 11 is 0. The molecular weight excluding hydrogens is 266 g/mol. The van der Waals surface area contributed by atoms with Crippen molar-refractivity contribution in [2.24, 2.45) is 5.92 Å². The number of nitrogens with zero attached hydrogens (tertiary/aromatic N) is 4. The summed E-state index contributed by atoms with van der Waals surface area (Å²) < 4.78 is 7.51. The van der Waals surface area contributed by atoms with Crippen LogP contribution in [0.15, 0.2) is 18.2 Å². The Morgan fingerprint density at radius 1 is 1.29 bits per heavy atom. The van der Waals surface area contributed by atoms with E-state index in [0.29, 0.717) is 29.8 Å². The topological polar surface area (TPSA) is 78.8 Å². The summed E-state index contributed by atoms with van der Waals surface area (Å²) in [6, 6.07) is 5.79. The third-order valence-corrected chi connectivity index (χ3v) is 3.93. The molecule has 2 rings (SSSR count). The molecule has 1 aromatic heterocycles. The molecule has 2 atom stereocenters. The van der Waals surface area contributed by atoms with E-state index in [9.17, 15) is 0 Å². The van der Waals surface area contributed by atoms with Gasteiger partial charge in [0.1, 0.15) is 5.75 Å². The van der Waals surface area contributed by atoms with Gasteiger partial charge in [-0.3, -0.25) is 0 Å². The van der Waals surface area contributed by atoms with Crippen molar-refractivity contribution in [2.75, 3.05) is 12.3 Å². The largest absolute Gasteiger partial charge is 0.493 e. The molecule has 0 aliphatic heterocycles. The van der Waals surface area contributed by atoms with E-state index in [1.807, 2.05) is 29.8 Å². The van der Waals surface area contributed by atoms with E-state index in [1.165, 1.54) is 0 Å². The van der Waals surface area contributed by atoms with Gasteiger partial charge in [-0.25, -0.2) is 4.68 Å². The number of nitrogens with two attached hydrogens (primary N) is 1. The van der Waals surface area contributed by atoms with Crippen LogP contribution in [0.3, 0.4) is 0 Å². The summed E-state index contributed by atoms with van der Waals surface area (Å²) in [7, 11) is 0. The first-order chi connectivity index (χ1) is 10.1. The van der Waals surface area contributed by atoms with Crippen LogP contribution >= 0.6 is 0 Å². The minimum absolute atomic E-state index is 0.189. The molecule has 2 aromatic rings. The number of anilines is 1. The lowest BCUT2D eigenvalue weighted by atomic mass is 10.0. The number of tetrazole rings is 1. The zero-order chi connectivity index (χ0) is 15.4. The Morgan fingerprint density at radius 2 is 2.05 bits per heavy atom. The van der Waals surface area contributed by atoms with Crippen molar-refractivity contribution in [2.45, 2.75) is 40.2 Å². The van der Waals surface area contributed by atoms with Gasteiger partial charge in [-0.05, 0) is 42.3 Å². The molecule has 1 aromatic carbocycles. The molecule has 0 saturated carbocycles. The lowest BCUT2D eigenvalue weighted by Crippen LogP contribution is -2.16. The van der Waals surface area contributed by atoms with Gasteiger partial charge >= 0.3 is 0 Å². The fourth-order valence-electron chi connectivity index (χ4n) is 2.28. The summed E-state index contributed by atoms with van der Waals surface area (Å²) in [4.78, 5) is 0. The Balaban J connectivity index is 2.51. The Kier molecular flexibility index (Phi) is 4.77. The van der Waals surface area contributed by atoms with Gasteiger partial charge in [-0.15, -0.1) is 5.10 Å². The number of benzene rings is 1. The summed E-state index contributed by atoms with van der Waals surface area (Å²) in [5.74, 6) is 1.84. The monoisotopic (exact) mass is 289 g/mol. The molecule has 0 bridgehead atoms. The molecule has 2 unspecified atom stereocenters. The second-order valence-corrected chi connectivity index (χ2v) is 5.23. The molecule has 1 heterocycles. The first-order valence-corrected chi connectivity index (χ1v) is 7.39. The molecule has 0 saturated heterocycles. The van der Waals surface area contributed by atoms with Crippen molar-refractivity contribution >= 4 is 5.69 Å². The van der Waals surface area contributed by atoms with Crippen molar-refractivity contribution in [3.8, 4) is 17.1 Å². The van der Waals surface area contributed by atoms with E-state index < -0.39 is 0 Å². The summed E-state index contributed by atoms with van der Waals surface area (Å²) in [6.45, 7) is 8.98. The average molecular weight is 289 g/mol. The van der Waals surface area contributed by atoms with E-state index in [2.05, 4.69) is 36.3 Å². The quantitative estimate of drug-likeness (QED) is 0.827. The molecule has 2 N–H and O–H groups in total. The molecule has 0 amide bonds. The van der Waals surface area contributed by atoms with Crippen molar-refractivity contribution in [3.63, 3.8) is 0 Å². The number of nitrogen functional groups attached to an aromatic ring is 1. The molecule has 114 valence electrons. The normalized spacial score (nSPS) is 13.9. The zero-order valence-corrected chi connectivity index (χ0v) is 13.1. The predicted octanol–water partition coefficient (Wildman–Crippen LogP) is 2.93. The Bertz CT molecular complexity index is 595. The van der Waals surface area contributed by atoms with E-state index >= 15 is 0 Å². The SMILES string of the molecule is CCOc1cccc(N)c1-c1nnnn1C(C)C(C)CC. The highest BCUT2D eigenvalue weighted by molar-refractivity contribution is 5.77. The van der Waals surface area contributed by atoms with Crippen LogP contribution in [-0.4, -0.2) is 26.8 Å². The smallest absolute Gasteiger partial charge is 0.188 e. The number of ether oxygens (including phenoxy) is 1. The number of aromatic nitrogens is 4. The fourth-order valence-corrected chi connectivity index (χ4v) is 2.28. The van der Waals surface area contributed by atoms with Crippen LogP contribution in [0, 0.1) is 5.92 Å². The highest BCUT2D eigenvalue weighted by atomic mass is 16.5. The standard InChI is InChI=1S/C15H23N5O/c1-5-10(3)11(4)20-15(17-18-19-20)14-12(16)8-7-9-13(14)21-6-2/h7-11H,5-6,16H2,1-4H3. The summed E-state index contributed by atoms with van der Waals surface area (Å²) in [5, 5.41) is 12.1. The van der Waals surface area contributed by atoms with Gasteiger partial charge in [-0.1, -0.05) is 26.3 Å². The van der Waals surface area contributed by atoms with Crippen molar-refractivity contribution in [1.29, 1.82) is 0 Å². The Morgan fingerprint density at radius 3 is 2.71 bits per heavy atom. The Labute approximate surface area is 125 Å². The first kappa shape index (κ1) is 15.3. The second-order valence-electron chi connectivity index (χ2n) is 5.23. The van der Waals surface area contributed by atoms with Crippen LogP contribution < -0.4 is 10.5 Å². The molecule has 0 fully saturated rings. The lowest BCUT2D eigenvalue weighted by molar-refractivity contribution is 0.334. The van der Waals surface area contributed by atoms with Crippen LogP contribution in [0.25, 0.3) is 11.4 Å². The van der Waals surface area contributed by atoms with Gasteiger partial charge in [0.15, 0.2) is 5.82 Å². The third-order valence-electron chi connectivity index (χ3n) is 3.93. The van der Waals surface area contributed by atoms with E-state index in [4.69, 9.17) is 10.5 Å². The first-order valence-electron chi connectivity index (χ1n) is 7.39. The van der Waals surface area contributed by atoms with Crippen molar-refractivity contribution in [1.82, 2.24) is 20.2 Å². The molecule has 0 spiro atoms. The van der Waals surface area contributed by atoms with Gasteiger partial charge in [0, 0.05) is 5.69 Å². The number of hydrogen-bond acceptors (Lipinski definition) is 5. The maximum atomic E-state index is 6.13. The molecule has 21 heavy (non-hydrogen) atoms. The van der Waals surface area contributed by atoms with Gasteiger partial charge in [0.2, 0.25) is 0 Å². The molecular formula is C15H23N5O. The maximum absolute atomic E-state index is 6.13. The van der Waals surface area contributed by atoms with Crippen LogP contribution in [0.2, 0.25) is 0 Å². The highest BCUT2D eigenvalue weighted by Crippen LogP contribution is 2.35. The lowest BCUT2D eigenvalue weighted by Gasteiger charge is -2.20. The molecule has 0 aliphatic carbocycles. The molecule has 0 radical (unpaired) electrons. The molecule has 6 heteroatoms. The van der Waals surface area contributed by atoms with Crippen LogP contribution in [0.1, 0.15) is 40.2 Å². The minimum Gasteiger partial charge on any atom is -0.493 e. The van der Waals surface area contributed by atoms with E-state index in [1.54, 1.807) is 0 Å². The van der Waals surface area contributed by atoms with Gasteiger partial charge in [0.25, 0.3) is 0 Å². The van der Waals surface area contributed by atoms with Crippen molar-refractivity contribution < 1.29 is 4.74 Å². The van der Waals surface area contributed by atoms with Crippen LogP contribution in [-0.2, 0) is 0 Å². The van der Waals surface area contributed by atoms with Gasteiger partial charge < -0.3 is 10.5 Å². The maximum Gasteiger partial charge on any atom is 0.188 e. The summed E-state index contributed by atoms with van der Waals surface area (Å²) in [6.07, 6.45) is 1.06. The number of rotatable bonds is 6. The van der Waals surface area contributed by atoms with Crippen molar-refractivity contribution in [3.05, 3.63) is 18.2 Å². The van der Waals surface area contributed by atoms with E-state index in [0.717, 1.165) is 12.0 Å². The predicted molar refractivity (Wildman–Crippen MR) is 83.0 cm³/mol. The van der Waals surface area contributed by atoms with Crippen LogP contribution in [0.5, 0.6) is 5.75 Å². The van der Waals surface area contributed by atoms with E-state index in [-0.39, 0.29) is 6.04 Å². The fraction of sp³-hybridized carbons (Fsp3) is 0.533. The zero-order valence-electron chi connectivity index (χ0n) is 13.1. The Hall–Kier alpha value is -2.11. The molecule has 6 nitrogen and oxygen atoms in total. The molecule has 0 aliphatic rings. The van der Waals surface area contributed by atoms with Crippen LogP contribution in [0.4, 0.5) is 5.69 Å². The van der Waals surface area contributed by atoms with Gasteiger partial charge in [0.05, 0.1) is 18.2 Å². The van der Waals surface area contributed by atoms with Gasteiger partial charge in [-0.2, -0.15) is 0 Å². The summed E-state index contributed by atoms with van der Waals surface area (Å²) in [5.41, 5.74) is 7.51. The number of hydrogen-bond donors (Lipinski definition) is 1. The average Bonchev–Trinajstić information content (AvgIpc) is 2.95. The third kappa shape index (κ3) is 2.99. The highest BCUT2D eigenvalue weighted by Gasteiger charge is 2.22. The minimum atomic E-state index is 0.189.